The molecule has 51 heavy (non-hydrogen) atoms. The highest BCUT2D eigenvalue weighted by molar-refractivity contribution is 5.89. The van der Waals surface area contributed by atoms with E-state index in [0.717, 1.165) is 18.8 Å². The lowest BCUT2D eigenvalue weighted by Crippen LogP contribution is -2.29. The van der Waals surface area contributed by atoms with E-state index in [1.165, 1.54) is 26.2 Å². The van der Waals surface area contributed by atoms with Crippen molar-refractivity contribution in [3.05, 3.63) is 71.8 Å². The number of ketones is 1. The van der Waals surface area contributed by atoms with Crippen molar-refractivity contribution < 1.29 is 52.3 Å². The second kappa shape index (κ2) is 21.7. The van der Waals surface area contributed by atoms with E-state index in [0.29, 0.717) is 50.2 Å². The topological polar surface area (TPSA) is 133 Å². The van der Waals surface area contributed by atoms with Crippen molar-refractivity contribution >= 4 is 23.7 Å². The number of carbonyl (C=O) groups excluding carboxylic acids is 4. The number of hydrogen-bond acceptors (Lipinski definition) is 11. The van der Waals surface area contributed by atoms with Gasteiger partial charge in [-0.15, -0.1) is 0 Å². The van der Waals surface area contributed by atoms with E-state index in [1.807, 2.05) is 12.1 Å². The molecule has 0 radical (unpaired) electrons. The summed E-state index contributed by atoms with van der Waals surface area (Å²) in [6.45, 7) is 11.0. The van der Waals surface area contributed by atoms with Crippen LogP contribution in [-0.2, 0) is 42.7 Å². The van der Waals surface area contributed by atoms with E-state index >= 15 is 0 Å². The molecule has 4 atom stereocenters. The van der Waals surface area contributed by atoms with Crippen molar-refractivity contribution in [2.24, 2.45) is 5.92 Å². The molecule has 2 aromatic rings. The Kier molecular flexibility index (Phi) is 17.7. The van der Waals surface area contributed by atoms with E-state index in [1.54, 1.807) is 62.4 Å². The molecular formula is C40H56O11. The Morgan fingerprint density at radius 3 is 1.63 bits per heavy atom. The molecule has 0 bridgehead atoms. The molecule has 0 N–H and O–H groups in total. The zero-order valence-electron chi connectivity index (χ0n) is 30.9. The predicted octanol–water partition coefficient (Wildman–Crippen LogP) is 7.25. The van der Waals surface area contributed by atoms with Gasteiger partial charge in [0.2, 0.25) is 0 Å². The molecule has 0 amide bonds. The molecule has 2 aliphatic rings. The summed E-state index contributed by atoms with van der Waals surface area (Å²) < 4.78 is 38.7. The van der Waals surface area contributed by atoms with Crippen LogP contribution in [0.25, 0.3) is 0 Å². The molecule has 0 aromatic heterocycles. The lowest BCUT2D eigenvalue weighted by Gasteiger charge is -2.22. The van der Waals surface area contributed by atoms with E-state index in [9.17, 15) is 19.2 Å². The number of unbranched alkanes of at least 4 members (excludes halogenated alkanes) is 3. The summed E-state index contributed by atoms with van der Waals surface area (Å²) in [6, 6.07) is 17.6. The monoisotopic (exact) mass is 712 g/mol. The van der Waals surface area contributed by atoms with Crippen LogP contribution in [0.2, 0.25) is 0 Å². The highest BCUT2D eigenvalue weighted by atomic mass is 16.8. The van der Waals surface area contributed by atoms with Gasteiger partial charge in [-0.2, -0.15) is 0 Å². The largest absolute Gasteiger partial charge is 0.466 e. The van der Waals surface area contributed by atoms with Gasteiger partial charge < -0.3 is 38.0 Å². The van der Waals surface area contributed by atoms with Crippen LogP contribution in [0.4, 0.5) is 0 Å². The Morgan fingerprint density at radius 2 is 1.16 bits per heavy atom. The Bertz CT molecular complexity index is 1350. The highest BCUT2D eigenvalue weighted by Gasteiger charge is 2.39. The Balaban J connectivity index is 0.000000293. The second-order valence-corrected chi connectivity index (χ2v) is 13.8. The molecule has 4 unspecified atom stereocenters. The fourth-order valence-electron chi connectivity index (χ4n) is 5.46. The maximum atomic E-state index is 12.0. The lowest BCUT2D eigenvalue weighted by atomic mass is 10.0. The second-order valence-electron chi connectivity index (χ2n) is 13.8. The third-order valence-electron chi connectivity index (χ3n) is 8.45. The molecule has 2 aliphatic heterocycles. The molecule has 11 nitrogen and oxygen atoms in total. The van der Waals surface area contributed by atoms with E-state index in [-0.39, 0.29) is 55.5 Å². The first-order valence-corrected chi connectivity index (χ1v) is 18.1. The molecule has 4 rings (SSSR count). The molecule has 2 saturated heterocycles. The van der Waals surface area contributed by atoms with Gasteiger partial charge in [0.05, 0.1) is 37.4 Å². The van der Waals surface area contributed by atoms with Crippen molar-refractivity contribution in [2.75, 3.05) is 33.0 Å². The van der Waals surface area contributed by atoms with E-state index in [4.69, 9.17) is 33.2 Å². The van der Waals surface area contributed by atoms with Crippen LogP contribution in [0, 0.1) is 5.92 Å². The molecule has 282 valence electrons. The van der Waals surface area contributed by atoms with Crippen LogP contribution in [0.5, 0.6) is 0 Å². The summed E-state index contributed by atoms with van der Waals surface area (Å²) in [5.41, 5.74) is 1.01. The zero-order valence-corrected chi connectivity index (χ0v) is 30.9. The molecular weight excluding hydrogens is 656 g/mol. The Morgan fingerprint density at radius 1 is 0.686 bits per heavy atom. The van der Waals surface area contributed by atoms with Gasteiger partial charge in [-0.3, -0.25) is 4.79 Å². The van der Waals surface area contributed by atoms with Crippen LogP contribution in [0.15, 0.2) is 60.7 Å². The van der Waals surface area contributed by atoms with Gasteiger partial charge in [-0.1, -0.05) is 75.9 Å². The number of carbonyl (C=O) groups is 4. The van der Waals surface area contributed by atoms with Gasteiger partial charge in [0.25, 0.3) is 0 Å². The standard InChI is InChI=1S/C24H36O6.C16H20O5/c1-19(2)11-7-4-5-10-16-27-22(25)14-15-24(3)29-18-21(30-24)17-28-23(26)20-12-8-6-9-13-20;1-12(17)8-9-16(2)20-11-14(21-16)10-19-15(18)13-6-4-3-5-7-13/h6,8-9,12-13,19,21H,4-5,7,10-11,14-18H2,1-3H3;3-7,14H,8-11H2,1-2H3. The number of esters is 3. The van der Waals surface area contributed by atoms with Crippen molar-refractivity contribution in [3.63, 3.8) is 0 Å². The first kappa shape index (κ1) is 41.8. The molecule has 2 aromatic carbocycles. The Labute approximate surface area is 302 Å². The summed E-state index contributed by atoms with van der Waals surface area (Å²) in [5, 5.41) is 0. The SMILES string of the molecule is CC(=O)CCC1(C)OCC(COC(=O)c2ccccc2)O1.CC(C)CCCCCCOC(=O)CCC1(C)OCC(COC(=O)c2ccccc2)O1. The maximum Gasteiger partial charge on any atom is 0.338 e. The fraction of sp³-hybridized carbons (Fsp3) is 0.600. The molecule has 2 fully saturated rings. The first-order valence-electron chi connectivity index (χ1n) is 18.1. The van der Waals surface area contributed by atoms with Gasteiger partial charge in [-0.25, -0.2) is 9.59 Å². The smallest absolute Gasteiger partial charge is 0.338 e. The van der Waals surface area contributed by atoms with Crippen molar-refractivity contribution in [2.45, 2.75) is 116 Å². The molecule has 0 saturated carbocycles. The van der Waals surface area contributed by atoms with Crippen molar-refractivity contribution in [1.82, 2.24) is 0 Å². The van der Waals surface area contributed by atoms with E-state index < -0.39 is 11.6 Å². The highest BCUT2D eigenvalue weighted by Crippen LogP contribution is 2.29. The van der Waals surface area contributed by atoms with Crippen molar-refractivity contribution in [3.8, 4) is 0 Å². The lowest BCUT2D eigenvalue weighted by molar-refractivity contribution is -0.170. The average molecular weight is 713 g/mol. The minimum absolute atomic E-state index is 0.0994. The minimum atomic E-state index is -0.861. The Hall–Kier alpha value is -3.64. The number of Topliss-reactive ketones (excluding diaryl/α,β-unsaturated/α-hetero) is 1. The van der Waals surface area contributed by atoms with Gasteiger partial charge in [0, 0.05) is 19.3 Å². The zero-order chi connectivity index (χ0) is 37.1. The predicted molar refractivity (Wildman–Crippen MR) is 190 cm³/mol. The van der Waals surface area contributed by atoms with Crippen LogP contribution in [0.1, 0.15) is 113 Å². The van der Waals surface area contributed by atoms with Gasteiger partial charge >= 0.3 is 17.9 Å². The quantitative estimate of drug-likeness (QED) is 0.0829. The number of benzene rings is 2. The third-order valence-corrected chi connectivity index (χ3v) is 8.45. The van der Waals surface area contributed by atoms with Crippen LogP contribution < -0.4 is 0 Å². The molecule has 2 heterocycles. The van der Waals surface area contributed by atoms with Crippen LogP contribution in [0.3, 0.4) is 0 Å². The van der Waals surface area contributed by atoms with Gasteiger partial charge in [0.15, 0.2) is 11.6 Å². The van der Waals surface area contributed by atoms with E-state index in [2.05, 4.69) is 13.8 Å². The minimum Gasteiger partial charge on any atom is -0.466 e. The summed E-state index contributed by atoms with van der Waals surface area (Å²) in [4.78, 5) is 46.8. The van der Waals surface area contributed by atoms with Crippen molar-refractivity contribution in [1.29, 1.82) is 0 Å². The molecule has 11 heteroatoms. The van der Waals surface area contributed by atoms with Crippen LogP contribution in [-0.4, -0.2) is 80.5 Å². The summed E-state index contributed by atoms with van der Waals surface area (Å²) >= 11 is 0. The number of hydrogen-bond donors (Lipinski definition) is 0. The molecule has 0 aliphatic carbocycles. The first-order chi connectivity index (χ1) is 24.4. The molecule has 0 spiro atoms. The summed E-state index contributed by atoms with van der Waals surface area (Å²) in [5.74, 6) is -1.78. The maximum absolute atomic E-state index is 12.0. The third kappa shape index (κ3) is 16.5. The number of rotatable bonds is 19. The van der Waals surface area contributed by atoms with Gasteiger partial charge in [0.1, 0.15) is 31.2 Å². The summed E-state index contributed by atoms with van der Waals surface area (Å²) in [7, 11) is 0. The number of ether oxygens (including phenoxy) is 7. The normalized spacial score (nSPS) is 22.5. The van der Waals surface area contributed by atoms with Crippen LogP contribution >= 0.6 is 0 Å². The van der Waals surface area contributed by atoms with Gasteiger partial charge in [-0.05, 0) is 57.4 Å². The summed E-state index contributed by atoms with van der Waals surface area (Å²) in [6.07, 6.45) is 6.59. The average Bonchev–Trinajstić information content (AvgIpc) is 3.70. The fourth-order valence-corrected chi connectivity index (χ4v) is 5.46.